The van der Waals surface area contributed by atoms with Crippen LogP contribution in [0.1, 0.15) is 51.4 Å². The average molecular weight is 381 g/mol. The molecule has 1 aromatic rings. The van der Waals surface area contributed by atoms with E-state index in [9.17, 15) is 0 Å². The number of aliphatic hydroxyl groups excluding tert-OH is 2. The lowest BCUT2D eigenvalue weighted by molar-refractivity contribution is 0.282. The van der Waals surface area contributed by atoms with Crippen molar-refractivity contribution in [3.05, 3.63) is 17.4 Å². The van der Waals surface area contributed by atoms with Crippen molar-refractivity contribution in [1.82, 2.24) is 9.97 Å². The second-order valence-electron chi connectivity index (χ2n) is 5.01. The normalized spacial score (nSPS) is 10.3. The van der Waals surface area contributed by atoms with Crippen LogP contribution in [0.15, 0.2) is 17.4 Å². The first-order valence-corrected chi connectivity index (χ1v) is 10.2. The molecule has 0 saturated heterocycles. The predicted octanol–water partition coefficient (Wildman–Crippen LogP) is 4.24. The molecule has 0 spiro atoms. The first-order chi connectivity index (χ1) is 11.2. The highest BCUT2D eigenvalue weighted by Gasteiger charge is 1.98. The summed E-state index contributed by atoms with van der Waals surface area (Å²) in [6.45, 7) is 0.636. The Kier molecular flexibility index (Phi) is 18.3. The van der Waals surface area contributed by atoms with Gasteiger partial charge in [0.2, 0.25) is 0 Å². The molecule has 4 nitrogen and oxygen atoms in total. The summed E-state index contributed by atoms with van der Waals surface area (Å²) in [4.78, 5) is 8.19. The van der Waals surface area contributed by atoms with Crippen molar-refractivity contribution in [1.29, 1.82) is 0 Å². The Bertz CT molecular complexity index is 368. The van der Waals surface area contributed by atoms with Crippen molar-refractivity contribution in [2.24, 2.45) is 0 Å². The molecule has 0 aliphatic rings. The molecular formula is C16H29ClN2O2S2. The second kappa shape index (κ2) is 18.3. The summed E-state index contributed by atoms with van der Waals surface area (Å²) in [6.07, 6.45) is 10.4. The maximum Gasteiger partial charge on any atom is 0.188 e. The fraction of sp³-hybridized carbons (Fsp3) is 0.750. The molecule has 0 atom stereocenters. The smallest absolute Gasteiger partial charge is 0.188 e. The minimum atomic E-state index is 0.296. The Morgan fingerprint density at radius 3 is 2.13 bits per heavy atom. The number of hydrogen-bond acceptors (Lipinski definition) is 6. The summed E-state index contributed by atoms with van der Waals surface area (Å²) in [6, 6.07) is 1.67. The molecule has 0 saturated carbocycles. The van der Waals surface area contributed by atoms with Gasteiger partial charge in [-0.2, -0.15) is 12.6 Å². The van der Waals surface area contributed by atoms with E-state index < -0.39 is 0 Å². The number of thiol groups is 1. The number of rotatable bonds is 12. The van der Waals surface area contributed by atoms with Gasteiger partial charge in [0.1, 0.15) is 5.15 Å². The van der Waals surface area contributed by atoms with E-state index in [0.29, 0.717) is 18.4 Å². The van der Waals surface area contributed by atoms with E-state index in [1.165, 1.54) is 12.8 Å². The van der Waals surface area contributed by atoms with E-state index in [1.807, 2.05) is 0 Å². The van der Waals surface area contributed by atoms with Crippen molar-refractivity contribution in [2.75, 3.05) is 24.7 Å². The third kappa shape index (κ3) is 16.6. The topological polar surface area (TPSA) is 66.2 Å². The Morgan fingerprint density at radius 1 is 0.957 bits per heavy atom. The lowest BCUT2D eigenvalue weighted by atomic mass is 10.2. The molecule has 134 valence electrons. The zero-order valence-corrected chi connectivity index (χ0v) is 16.1. The van der Waals surface area contributed by atoms with Crippen molar-refractivity contribution >= 4 is 36.0 Å². The van der Waals surface area contributed by atoms with Crippen LogP contribution in [0.4, 0.5) is 0 Å². The van der Waals surface area contributed by atoms with E-state index in [4.69, 9.17) is 21.8 Å². The molecule has 1 aromatic heterocycles. The Labute approximate surface area is 154 Å². The minimum Gasteiger partial charge on any atom is -0.396 e. The molecule has 0 aliphatic heterocycles. The van der Waals surface area contributed by atoms with Gasteiger partial charge in [-0.3, -0.25) is 0 Å². The first kappa shape index (κ1) is 23.0. The standard InChI is InChI=1S/C10H15ClN2OS.C6H14OS/c11-9-5-6-12-10(13-9)15-8-4-2-1-3-7-14;7-5-3-1-2-4-6-8/h5-6,14H,1-4,7-8H2;7-8H,1-6H2. The van der Waals surface area contributed by atoms with Crippen LogP contribution in [0.3, 0.4) is 0 Å². The van der Waals surface area contributed by atoms with E-state index in [2.05, 4.69) is 22.6 Å². The summed E-state index contributed by atoms with van der Waals surface area (Å²) >= 11 is 11.4. The van der Waals surface area contributed by atoms with Gasteiger partial charge in [0.25, 0.3) is 0 Å². The van der Waals surface area contributed by atoms with E-state index in [0.717, 1.165) is 55.2 Å². The lowest BCUT2D eigenvalue weighted by Crippen LogP contribution is -1.89. The third-order valence-electron chi connectivity index (χ3n) is 2.95. The Balaban J connectivity index is 0.000000515. The highest BCUT2D eigenvalue weighted by molar-refractivity contribution is 7.99. The van der Waals surface area contributed by atoms with Crippen molar-refractivity contribution < 1.29 is 10.2 Å². The average Bonchev–Trinajstić information content (AvgIpc) is 2.56. The van der Waals surface area contributed by atoms with Crippen LogP contribution in [-0.2, 0) is 0 Å². The largest absolute Gasteiger partial charge is 0.396 e. The summed E-state index contributed by atoms with van der Waals surface area (Å²) < 4.78 is 0. The molecule has 0 unspecified atom stereocenters. The van der Waals surface area contributed by atoms with E-state index in [1.54, 1.807) is 24.0 Å². The molecule has 1 rings (SSSR count). The van der Waals surface area contributed by atoms with Crippen molar-refractivity contribution in [2.45, 2.75) is 56.5 Å². The first-order valence-electron chi connectivity index (χ1n) is 8.18. The maximum absolute atomic E-state index is 8.59. The van der Waals surface area contributed by atoms with Crippen LogP contribution in [0.25, 0.3) is 0 Å². The fourth-order valence-electron chi connectivity index (χ4n) is 1.70. The zero-order chi connectivity index (χ0) is 17.2. The van der Waals surface area contributed by atoms with Gasteiger partial charge in [0.15, 0.2) is 5.16 Å². The van der Waals surface area contributed by atoms with Crippen LogP contribution < -0.4 is 0 Å². The van der Waals surface area contributed by atoms with Crippen molar-refractivity contribution in [3.8, 4) is 0 Å². The molecule has 23 heavy (non-hydrogen) atoms. The van der Waals surface area contributed by atoms with Crippen LogP contribution in [0.5, 0.6) is 0 Å². The monoisotopic (exact) mass is 380 g/mol. The summed E-state index contributed by atoms with van der Waals surface area (Å²) in [5.41, 5.74) is 0. The predicted molar refractivity (Wildman–Crippen MR) is 103 cm³/mol. The highest BCUT2D eigenvalue weighted by Crippen LogP contribution is 2.16. The molecule has 0 aromatic carbocycles. The highest BCUT2D eigenvalue weighted by atomic mass is 35.5. The van der Waals surface area contributed by atoms with Gasteiger partial charge in [0, 0.05) is 25.2 Å². The van der Waals surface area contributed by atoms with Gasteiger partial charge >= 0.3 is 0 Å². The van der Waals surface area contributed by atoms with Gasteiger partial charge in [-0.25, -0.2) is 9.97 Å². The molecule has 0 bridgehead atoms. The van der Waals surface area contributed by atoms with Gasteiger partial charge in [-0.05, 0) is 37.5 Å². The van der Waals surface area contributed by atoms with Gasteiger partial charge in [-0.1, -0.05) is 49.0 Å². The number of halogens is 1. The van der Waals surface area contributed by atoms with Gasteiger partial charge in [0.05, 0.1) is 0 Å². The number of unbranched alkanes of at least 4 members (excludes halogenated alkanes) is 6. The van der Waals surface area contributed by atoms with Crippen molar-refractivity contribution in [3.63, 3.8) is 0 Å². The zero-order valence-electron chi connectivity index (χ0n) is 13.7. The summed E-state index contributed by atoms with van der Waals surface area (Å²) in [5, 5.41) is 18.2. The van der Waals surface area contributed by atoms with Gasteiger partial charge in [-0.15, -0.1) is 0 Å². The molecular weight excluding hydrogens is 352 g/mol. The Morgan fingerprint density at radius 2 is 1.57 bits per heavy atom. The quantitative estimate of drug-likeness (QED) is 0.166. The maximum atomic E-state index is 8.59. The molecule has 0 radical (unpaired) electrons. The number of aliphatic hydroxyl groups is 2. The van der Waals surface area contributed by atoms with Crippen LogP contribution in [0, 0.1) is 0 Å². The van der Waals surface area contributed by atoms with E-state index in [-0.39, 0.29) is 0 Å². The Hall–Kier alpha value is -0.0100. The van der Waals surface area contributed by atoms with E-state index >= 15 is 0 Å². The summed E-state index contributed by atoms with van der Waals surface area (Å²) in [5.74, 6) is 1.98. The molecule has 1 heterocycles. The molecule has 0 fully saturated rings. The van der Waals surface area contributed by atoms with Crippen LogP contribution in [0.2, 0.25) is 5.15 Å². The number of hydrogen-bond donors (Lipinski definition) is 3. The van der Waals surface area contributed by atoms with Crippen LogP contribution >= 0.6 is 36.0 Å². The molecule has 0 amide bonds. The molecule has 2 N–H and O–H groups in total. The second-order valence-corrected chi connectivity index (χ2v) is 6.91. The minimum absolute atomic E-state index is 0.296. The molecule has 0 aliphatic carbocycles. The SMILES string of the molecule is OCCCCCCS.OCCCCCCSc1nccc(Cl)n1. The summed E-state index contributed by atoms with van der Waals surface area (Å²) in [7, 11) is 0. The lowest BCUT2D eigenvalue weighted by Gasteiger charge is -2.00. The third-order valence-corrected chi connectivity index (χ3v) is 4.42. The van der Waals surface area contributed by atoms with Crippen LogP contribution in [-0.4, -0.2) is 44.9 Å². The number of nitrogens with zero attached hydrogens (tertiary/aromatic N) is 2. The number of aromatic nitrogens is 2. The number of thioether (sulfide) groups is 1. The molecule has 7 heteroatoms. The van der Waals surface area contributed by atoms with Gasteiger partial charge < -0.3 is 10.2 Å². The fourth-order valence-corrected chi connectivity index (χ4v) is 2.94.